The number of hydrogen-bond acceptors (Lipinski definition) is 6. The molecule has 0 saturated heterocycles. The first kappa shape index (κ1) is 21.0. The molecule has 0 atom stereocenters. The molecule has 1 aliphatic rings. The number of aromatic amines is 1. The average molecular weight is 458 g/mol. The van der Waals surface area contributed by atoms with Crippen molar-refractivity contribution in [2.45, 2.75) is 30.2 Å². The summed E-state index contributed by atoms with van der Waals surface area (Å²) in [5.74, 6) is -2.30. The van der Waals surface area contributed by atoms with E-state index in [1.54, 1.807) is 4.57 Å². The first-order valence-corrected chi connectivity index (χ1v) is 10.6. The molecule has 31 heavy (non-hydrogen) atoms. The predicted octanol–water partition coefficient (Wildman–Crippen LogP) is 2.65. The zero-order chi connectivity index (χ0) is 22.3. The number of H-pyrrole nitrogens is 1. The van der Waals surface area contributed by atoms with Gasteiger partial charge in [-0.15, -0.1) is 0 Å². The summed E-state index contributed by atoms with van der Waals surface area (Å²) in [6, 6.07) is 2.33. The molecule has 0 unspecified atom stereocenters. The maximum atomic E-state index is 14.2. The number of fused-ring (bicyclic) bond motifs is 1. The standard InChI is InChI=1S/C18H17F3N4O5S/c1-29-17-12(6-11(19)16(23-17)30-8-14(20)21)24-31(27,28)13-7-22-15-10(13)4-5-25(18(15)26)9-2-3-9/h4-7,9,14,22,24H,2-3,8H2,1H3. The highest BCUT2D eigenvalue weighted by Crippen LogP contribution is 2.35. The molecule has 166 valence electrons. The Balaban J connectivity index is 1.68. The van der Waals surface area contributed by atoms with E-state index in [9.17, 15) is 26.4 Å². The molecule has 3 aromatic heterocycles. The second kappa shape index (κ2) is 7.80. The number of sulfonamides is 1. The van der Waals surface area contributed by atoms with E-state index < -0.39 is 34.8 Å². The molecular weight excluding hydrogens is 441 g/mol. The minimum atomic E-state index is -4.30. The number of aromatic nitrogens is 3. The first-order valence-electron chi connectivity index (χ1n) is 9.11. The molecule has 0 spiro atoms. The Morgan fingerprint density at radius 1 is 1.35 bits per heavy atom. The van der Waals surface area contributed by atoms with E-state index in [2.05, 4.69) is 19.4 Å². The van der Waals surface area contributed by atoms with Crippen molar-refractivity contribution in [2.75, 3.05) is 18.4 Å². The number of hydrogen-bond donors (Lipinski definition) is 2. The topological polar surface area (TPSA) is 115 Å². The molecule has 1 fully saturated rings. The largest absolute Gasteiger partial charge is 0.479 e. The number of halogens is 3. The van der Waals surface area contributed by atoms with Crippen LogP contribution in [0.4, 0.5) is 18.9 Å². The lowest BCUT2D eigenvalue weighted by Crippen LogP contribution is -2.19. The van der Waals surface area contributed by atoms with Crippen LogP contribution in [0, 0.1) is 5.82 Å². The van der Waals surface area contributed by atoms with Crippen LogP contribution in [0.1, 0.15) is 18.9 Å². The Labute approximate surface area is 173 Å². The van der Waals surface area contributed by atoms with Crippen LogP contribution in [0.5, 0.6) is 11.8 Å². The van der Waals surface area contributed by atoms with Gasteiger partial charge in [-0.05, 0) is 18.9 Å². The van der Waals surface area contributed by atoms with Gasteiger partial charge in [0.1, 0.15) is 16.1 Å². The van der Waals surface area contributed by atoms with E-state index in [0.29, 0.717) is 6.07 Å². The van der Waals surface area contributed by atoms with Gasteiger partial charge in [0, 0.05) is 29.9 Å². The van der Waals surface area contributed by atoms with E-state index in [4.69, 9.17) is 4.74 Å². The Hall–Kier alpha value is -3.22. The molecule has 13 heteroatoms. The Morgan fingerprint density at radius 3 is 2.74 bits per heavy atom. The van der Waals surface area contributed by atoms with Gasteiger partial charge in [-0.2, -0.15) is 4.98 Å². The lowest BCUT2D eigenvalue weighted by molar-refractivity contribution is 0.0770. The summed E-state index contributed by atoms with van der Waals surface area (Å²) in [7, 11) is -3.16. The molecule has 0 bridgehead atoms. The van der Waals surface area contributed by atoms with Crippen LogP contribution >= 0.6 is 0 Å². The molecule has 3 heterocycles. The summed E-state index contributed by atoms with van der Waals surface area (Å²) in [6.07, 6.45) is 1.60. The summed E-state index contributed by atoms with van der Waals surface area (Å²) >= 11 is 0. The maximum absolute atomic E-state index is 14.2. The second-order valence-electron chi connectivity index (χ2n) is 6.84. The molecule has 0 amide bonds. The second-order valence-corrected chi connectivity index (χ2v) is 8.49. The highest BCUT2D eigenvalue weighted by molar-refractivity contribution is 7.93. The maximum Gasteiger partial charge on any atom is 0.275 e. The van der Waals surface area contributed by atoms with Gasteiger partial charge in [0.05, 0.1) is 7.11 Å². The van der Waals surface area contributed by atoms with Gasteiger partial charge >= 0.3 is 0 Å². The fraction of sp³-hybridized carbons (Fsp3) is 0.333. The lowest BCUT2D eigenvalue weighted by Gasteiger charge is -2.13. The average Bonchev–Trinajstić information content (AvgIpc) is 3.44. The molecule has 0 aliphatic heterocycles. The number of rotatable bonds is 8. The van der Waals surface area contributed by atoms with Gasteiger partial charge in [0.25, 0.3) is 27.9 Å². The van der Waals surface area contributed by atoms with Crippen molar-refractivity contribution < 1.29 is 31.1 Å². The predicted molar refractivity (Wildman–Crippen MR) is 104 cm³/mol. The normalized spacial score (nSPS) is 14.2. The van der Waals surface area contributed by atoms with Crippen LogP contribution in [0.3, 0.4) is 0 Å². The number of anilines is 1. The van der Waals surface area contributed by atoms with Gasteiger partial charge in [-0.3, -0.25) is 9.52 Å². The molecule has 1 aliphatic carbocycles. The summed E-state index contributed by atoms with van der Waals surface area (Å²) in [5, 5.41) is 0.165. The van der Waals surface area contributed by atoms with Gasteiger partial charge in [0.2, 0.25) is 5.88 Å². The molecule has 9 nitrogen and oxygen atoms in total. The van der Waals surface area contributed by atoms with Crippen LogP contribution in [0.25, 0.3) is 10.9 Å². The van der Waals surface area contributed by atoms with E-state index in [-0.39, 0.29) is 39.0 Å². The number of pyridine rings is 2. The highest BCUT2D eigenvalue weighted by atomic mass is 32.2. The van der Waals surface area contributed by atoms with Crippen molar-refractivity contribution in [3.8, 4) is 11.8 Å². The number of ether oxygens (including phenoxy) is 2. The molecule has 1 saturated carbocycles. The van der Waals surface area contributed by atoms with E-state index >= 15 is 0 Å². The van der Waals surface area contributed by atoms with Crippen molar-refractivity contribution in [1.29, 1.82) is 0 Å². The summed E-state index contributed by atoms with van der Waals surface area (Å²) in [6.45, 7) is -1.09. The first-order chi connectivity index (χ1) is 14.7. The Bertz CT molecular complexity index is 1300. The lowest BCUT2D eigenvalue weighted by atomic mass is 10.3. The fourth-order valence-corrected chi connectivity index (χ4v) is 4.32. The molecule has 0 aromatic carbocycles. The number of methoxy groups -OCH3 is 1. The van der Waals surface area contributed by atoms with E-state index in [1.807, 2.05) is 0 Å². The van der Waals surface area contributed by atoms with Crippen LogP contribution in [0.15, 0.2) is 34.2 Å². The van der Waals surface area contributed by atoms with Crippen LogP contribution in [0.2, 0.25) is 0 Å². The molecular formula is C18H17F3N4O5S. The molecule has 3 aromatic rings. The minimum Gasteiger partial charge on any atom is -0.479 e. The third-order valence-electron chi connectivity index (χ3n) is 4.65. The smallest absolute Gasteiger partial charge is 0.275 e. The van der Waals surface area contributed by atoms with Gasteiger partial charge in [-0.1, -0.05) is 0 Å². The van der Waals surface area contributed by atoms with E-state index in [1.165, 1.54) is 12.3 Å². The van der Waals surface area contributed by atoms with Crippen molar-refractivity contribution in [1.82, 2.24) is 14.5 Å². The van der Waals surface area contributed by atoms with Crippen LogP contribution in [-0.2, 0) is 10.0 Å². The third-order valence-corrected chi connectivity index (χ3v) is 6.06. The van der Waals surface area contributed by atoms with Crippen molar-refractivity contribution in [3.05, 3.63) is 40.7 Å². The Kier molecular flexibility index (Phi) is 5.29. The van der Waals surface area contributed by atoms with Gasteiger partial charge in [-0.25, -0.2) is 21.6 Å². The van der Waals surface area contributed by atoms with Crippen molar-refractivity contribution in [3.63, 3.8) is 0 Å². The monoisotopic (exact) mass is 458 g/mol. The SMILES string of the molecule is COc1nc(OCC(F)F)c(F)cc1NS(=O)(=O)c1c[nH]c2c(=O)n(C3CC3)ccc12. The zero-order valence-corrected chi connectivity index (χ0v) is 16.9. The third kappa shape index (κ3) is 4.04. The number of nitrogens with zero attached hydrogens (tertiary/aromatic N) is 2. The Morgan fingerprint density at radius 2 is 2.10 bits per heavy atom. The summed E-state index contributed by atoms with van der Waals surface area (Å²) < 4.78 is 77.8. The van der Waals surface area contributed by atoms with Crippen molar-refractivity contribution in [2.24, 2.45) is 0 Å². The number of nitrogens with one attached hydrogen (secondary N) is 2. The van der Waals surface area contributed by atoms with Crippen LogP contribution in [-0.4, -0.2) is 43.1 Å². The highest BCUT2D eigenvalue weighted by Gasteiger charge is 2.28. The van der Waals surface area contributed by atoms with Crippen molar-refractivity contribution >= 4 is 26.6 Å². The van der Waals surface area contributed by atoms with E-state index in [0.717, 1.165) is 26.1 Å². The quantitative estimate of drug-likeness (QED) is 0.536. The molecule has 2 N–H and O–H groups in total. The van der Waals surface area contributed by atoms with Gasteiger partial charge in [0.15, 0.2) is 12.4 Å². The van der Waals surface area contributed by atoms with Crippen LogP contribution < -0.4 is 19.8 Å². The zero-order valence-electron chi connectivity index (χ0n) is 16.1. The summed E-state index contributed by atoms with van der Waals surface area (Å²) in [5.41, 5.74) is -0.584. The molecule has 4 rings (SSSR count). The minimum absolute atomic E-state index is 0.113. The van der Waals surface area contributed by atoms with Gasteiger partial charge < -0.3 is 19.0 Å². The summed E-state index contributed by atoms with van der Waals surface area (Å²) in [4.78, 5) is 18.6. The molecule has 0 radical (unpaired) electrons. The number of alkyl halides is 2. The fourth-order valence-electron chi connectivity index (χ4n) is 3.10.